The van der Waals surface area contributed by atoms with Gasteiger partial charge in [0.05, 0.1) is 12.8 Å². The predicted molar refractivity (Wildman–Crippen MR) is 121 cm³/mol. The van der Waals surface area contributed by atoms with Crippen molar-refractivity contribution in [2.75, 3.05) is 18.0 Å². The molecule has 1 aliphatic rings. The van der Waals surface area contributed by atoms with Crippen LogP contribution in [0.2, 0.25) is 0 Å². The van der Waals surface area contributed by atoms with Crippen LogP contribution >= 0.6 is 0 Å². The molecule has 2 aromatic carbocycles. The number of benzene rings is 2. The number of sulfonamides is 1. The molecule has 0 bridgehead atoms. The normalized spacial score (nSPS) is 21.0. The SMILES string of the molecule is COc1ccccc1CNC(=O)CN(c1ccc(C)cc1)S(=O)(=O)C1C(C)NNC1C. The number of methoxy groups -OCH3 is 1. The molecular weight excluding hydrogens is 416 g/mol. The number of nitrogens with zero attached hydrogens (tertiary/aromatic N) is 1. The van der Waals surface area contributed by atoms with E-state index in [-0.39, 0.29) is 25.2 Å². The van der Waals surface area contributed by atoms with E-state index in [1.165, 1.54) is 4.31 Å². The number of anilines is 1. The smallest absolute Gasteiger partial charge is 0.241 e. The van der Waals surface area contributed by atoms with Gasteiger partial charge in [0.2, 0.25) is 15.9 Å². The Hall–Kier alpha value is -2.62. The number of amides is 1. The van der Waals surface area contributed by atoms with Crippen molar-refractivity contribution in [1.29, 1.82) is 0 Å². The van der Waals surface area contributed by atoms with Crippen molar-refractivity contribution in [1.82, 2.24) is 16.2 Å². The molecule has 3 rings (SSSR count). The first kappa shape index (κ1) is 23.1. The molecule has 8 nitrogen and oxygen atoms in total. The van der Waals surface area contributed by atoms with Crippen LogP contribution in [0.15, 0.2) is 48.5 Å². The van der Waals surface area contributed by atoms with Crippen LogP contribution in [-0.2, 0) is 21.4 Å². The van der Waals surface area contributed by atoms with Gasteiger partial charge in [-0.25, -0.2) is 8.42 Å². The number of aryl methyl sites for hydroxylation is 1. The Morgan fingerprint density at radius 3 is 2.29 bits per heavy atom. The highest BCUT2D eigenvalue weighted by molar-refractivity contribution is 7.93. The molecule has 1 aliphatic heterocycles. The molecular formula is C22H30N4O4S. The minimum Gasteiger partial charge on any atom is -0.496 e. The highest BCUT2D eigenvalue weighted by atomic mass is 32.2. The summed E-state index contributed by atoms with van der Waals surface area (Å²) >= 11 is 0. The summed E-state index contributed by atoms with van der Waals surface area (Å²) in [5, 5.41) is 2.10. The summed E-state index contributed by atoms with van der Waals surface area (Å²) in [6.07, 6.45) is 0. The fourth-order valence-electron chi connectivity index (χ4n) is 3.79. The minimum absolute atomic E-state index is 0.240. The van der Waals surface area contributed by atoms with E-state index in [1.807, 2.05) is 57.2 Å². The number of hydrogen-bond donors (Lipinski definition) is 3. The Bertz CT molecular complexity index is 1000. The molecule has 1 heterocycles. The summed E-state index contributed by atoms with van der Waals surface area (Å²) in [4.78, 5) is 12.8. The summed E-state index contributed by atoms with van der Waals surface area (Å²) in [7, 11) is -2.27. The number of carbonyl (C=O) groups is 1. The molecule has 9 heteroatoms. The average Bonchev–Trinajstić information content (AvgIpc) is 3.10. The highest BCUT2D eigenvalue weighted by Crippen LogP contribution is 2.26. The molecule has 31 heavy (non-hydrogen) atoms. The molecule has 1 saturated heterocycles. The van der Waals surface area contributed by atoms with Crippen molar-refractivity contribution in [2.45, 2.75) is 44.6 Å². The second-order valence-electron chi connectivity index (χ2n) is 7.81. The summed E-state index contributed by atoms with van der Waals surface area (Å²) in [6, 6.07) is 13.9. The molecule has 2 unspecified atom stereocenters. The molecule has 0 radical (unpaired) electrons. The van der Waals surface area contributed by atoms with Gasteiger partial charge >= 0.3 is 0 Å². The number of rotatable bonds is 8. The van der Waals surface area contributed by atoms with Crippen LogP contribution < -0.4 is 25.2 Å². The molecule has 3 N–H and O–H groups in total. The summed E-state index contributed by atoms with van der Waals surface area (Å²) in [5.41, 5.74) is 8.25. The van der Waals surface area contributed by atoms with Gasteiger partial charge in [-0.2, -0.15) is 0 Å². The highest BCUT2D eigenvalue weighted by Gasteiger charge is 2.44. The zero-order valence-electron chi connectivity index (χ0n) is 18.3. The van der Waals surface area contributed by atoms with Crippen molar-refractivity contribution in [3.8, 4) is 5.75 Å². The van der Waals surface area contributed by atoms with Gasteiger partial charge in [0, 0.05) is 24.2 Å². The molecule has 1 fully saturated rings. The number of ether oxygens (including phenoxy) is 1. The monoisotopic (exact) mass is 446 g/mol. The Balaban J connectivity index is 1.83. The first-order valence-corrected chi connectivity index (χ1v) is 11.7. The first-order chi connectivity index (χ1) is 14.7. The van der Waals surface area contributed by atoms with E-state index in [2.05, 4.69) is 16.2 Å². The molecule has 1 amide bonds. The lowest BCUT2D eigenvalue weighted by Crippen LogP contribution is -2.50. The van der Waals surface area contributed by atoms with Gasteiger partial charge in [0.1, 0.15) is 17.5 Å². The zero-order valence-corrected chi connectivity index (χ0v) is 19.1. The van der Waals surface area contributed by atoms with Crippen molar-refractivity contribution >= 4 is 21.6 Å². The van der Waals surface area contributed by atoms with Crippen LogP contribution in [0.25, 0.3) is 0 Å². The number of carbonyl (C=O) groups excluding carboxylic acids is 1. The fraction of sp³-hybridized carbons (Fsp3) is 0.409. The van der Waals surface area contributed by atoms with E-state index in [9.17, 15) is 13.2 Å². The van der Waals surface area contributed by atoms with Crippen LogP contribution in [0.4, 0.5) is 5.69 Å². The second-order valence-corrected chi connectivity index (χ2v) is 9.82. The van der Waals surface area contributed by atoms with Crippen molar-refractivity contribution in [2.24, 2.45) is 0 Å². The fourth-order valence-corrected chi connectivity index (χ4v) is 5.97. The molecule has 0 saturated carbocycles. The Labute approximate surface area is 184 Å². The zero-order chi connectivity index (χ0) is 22.6. The molecule has 168 valence electrons. The lowest BCUT2D eigenvalue weighted by molar-refractivity contribution is -0.119. The van der Waals surface area contributed by atoms with E-state index >= 15 is 0 Å². The Kier molecular flexibility index (Phi) is 7.19. The van der Waals surface area contributed by atoms with Crippen molar-refractivity contribution in [3.05, 3.63) is 59.7 Å². The standard InChI is InChI=1S/C22H30N4O4S/c1-15-9-11-19(12-10-15)26(31(28,29)22-16(2)24-25-17(22)3)14-21(27)23-13-18-7-5-6-8-20(18)30-4/h5-12,16-17,22,24-25H,13-14H2,1-4H3,(H,23,27). The topological polar surface area (TPSA) is 99.8 Å². The molecule has 2 atom stereocenters. The van der Waals surface area contributed by atoms with E-state index in [1.54, 1.807) is 19.2 Å². The summed E-state index contributed by atoms with van der Waals surface area (Å²) in [6.45, 7) is 5.49. The second kappa shape index (κ2) is 9.67. The molecule has 0 aromatic heterocycles. The van der Waals surface area contributed by atoms with Crippen molar-refractivity contribution in [3.63, 3.8) is 0 Å². The third-order valence-electron chi connectivity index (χ3n) is 5.45. The number of hydrazine groups is 1. The number of nitrogens with one attached hydrogen (secondary N) is 3. The van der Waals surface area contributed by atoms with Gasteiger partial charge in [0.25, 0.3) is 0 Å². The van der Waals surface area contributed by atoms with Crippen LogP contribution in [0, 0.1) is 6.92 Å². The largest absolute Gasteiger partial charge is 0.496 e. The van der Waals surface area contributed by atoms with Gasteiger partial charge in [0.15, 0.2) is 0 Å². The lowest BCUT2D eigenvalue weighted by atomic mass is 10.2. The Morgan fingerprint density at radius 2 is 1.68 bits per heavy atom. The quantitative estimate of drug-likeness (QED) is 0.571. The van der Waals surface area contributed by atoms with Gasteiger partial charge in [-0.15, -0.1) is 0 Å². The lowest BCUT2D eigenvalue weighted by Gasteiger charge is -2.30. The molecule has 2 aromatic rings. The van der Waals surface area contributed by atoms with E-state index in [4.69, 9.17) is 4.74 Å². The number of hydrogen-bond acceptors (Lipinski definition) is 6. The third kappa shape index (κ3) is 5.17. The average molecular weight is 447 g/mol. The summed E-state index contributed by atoms with van der Waals surface area (Å²) < 4.78 is 33.7. The van der Waals surface area contributed by atoms with Crippen LogP contribution in [0.1, 0.15) is 25.0 Å². The number of para-hydroxylation sites is 1. The van der Waals surface area contributed by atoms with Crippen LogP contribution in [0.3, 0.4) is 0 Å². The maximum Gasteiger partial charge on any atom is 0.241 e. The van der Waals surface area contributed by atoms with Crippen LogP contribution in [0.5, 0.6) is 5.75 Å². The first-order valence-electron chi connectivity index (χ1n) is 10.2. The minimum atomic E-state index is -3.83. The maximum atomic E-state index is 13.6. The molecule has 0 spiro atoms. The summed E-state index contributed by atoms with van der Waals surface area (Å²) in [5.74, 6) is 0.269. The predicted octanol–water partition coefficient (Wildman–Crippen LogP) is 1.71. The maximum absolute atomic E-state index is 13.6. The van der Waals surface area contributed by atoms with Crippen LogP contribution in [-0.4, -0.2) is 45.3 Å². The van der Waals surface area contributed by atoms with Gasteiger partial charge in [-0.1, -0.05) is 35.9 Å². The third-order valence-corrected chi connectivity index (χ3v) is 7.91. The van der Waals surface area contributed by atoms with Gasteiger partial charge in [-0.05, 0) is 39.0 Å². The van der Waals surface area contributed by atoms with E-state index < -0.39 is 21.2 Å². The van der Waals surface area contributed by atoms with Gasteiger partial charge in [-0.3, -0.25) is 20.0 Å². The van der Waals surface area contributed by atoms with E-state index in [0.717, 1.165) is 11.1 Å². The van der Waals surface area contributed by atoms with Crippen molar-refractivity contribution < 1.29 is 17.9 Å². The van der Waals surface area contributed by atoms with E-state index in [0.29, 0.717) is 11.4 Å². The molecule has 0 aliphatic carbocycles. The Morgan fingerprint density at radius 1 is 1.06 bits per heavy atom. The van der Waals surface area contributed by atoms with Gasteiger partial charge < -0.3 is 10.1 Å².